The van der Waals surface area contributed by atoms with Gasteiger partial charge < -0.3 is 5.32 Å². The van der Waals surface area contributed by atoms with E-state index < -0.39 is 0 Å². The third-order valence-electron chi connectivity index (χ3n) is 5.90. The van der Waals surface area contributed by atoms with Gasteiger partial charge in [-0.15, -0.1) is 0 Å². The maximum absolute atomic E-state index is 13.5. The molecule has 0 bridgehead atoms. The first-order valence-corrected chi connectivity index (χ1v) is 11.0. The number of aryl methyl sites for hydroxylation is 1. The van der Waals surface area contributed by atoms with E-state index in [1.54, 1.807) is 12.1 Å². The Labute approximate surface area is 196 Å². The topological polar surface area (TPSA) is 59.8 Å². The number of carbonyl (C=O) groups is 1. The van der Waals surface area contributed by atoms with Crippen molar-refractivity contribution < 1.29 is 9.18 Å². The van der Waals surface area contributed by atoms with Crippen LogP contribution in [0.2, 0.25) is 0 Å². The Morgan fingerprint density at radius 1 is 0.941 bits per heavy atom. The van der Waals surface area contributed by atoms with E-state index in [0.717, 1.165) is 39.1 Å². The lowest BCUT2D eigenvalue weighted by Gasteiger charge is -2.11. The number of carbonyl (C=O) groups excluding carboxylic acids is 1. The van der Waals surface area contributed by atoms with Crippen LogP contribution >= 0.6 is 0 Å². The molecule has 6 heteroatoms. The number of halogens is 1. The Morgan fingerprint density at radius 3 is 2.41 bits per heavy atom. The van der Waals surface area contributed by atoms with Crippen LogP contribution in [0, 0.1) is 19.7 Å². The molecule has 1 amide bonds. The van der Waals surface area contributed by atoms with E-state index in [2.05, 4.69) is 10.4 Å². The zero-order valence-corrected chi connectivity index (χ0v) is 18.9. The van der Waals surface area contributed by atoms with E-state index in [0.29, 0.717) is 17.8 Å². The molecule has 0 radical (unpaired) electrons. The summed E-state index contributed by atoms with van der Waals surface area (Å²) in [5, 5.41) is 8.45. The monoisotopic (exact) mass is 450 g/mol. The number of nitrogens with one attached hydrogen (secondary N) is 1. The lowest BCUT2D eigenvalue weighted by atomic mass is 10.0. The molecular weight excluding hydrogens is 427 g/mol. The molecule has 0 aliphatic heterocycles. The molecule has 3 aromatic carbocycles. The molecule has 0 saturated heterocycles. The molecule has 5 rings (SSSR count). The van der Waals surface area contributed by atoms with Crippen molar-refractivity contribution in [1.82, 2.24) is 14.8 Å². The molecule has 0 spiro atoms. The largest absolute Gasteiger partial charge is 0.319 e. The zero-order chi connectivity index (χ0) is 23.7. The fourth-order valence-electron chi connectivity index (χ4n) is 4.10. The minimum Gasteiger partial charge on any atom is -0.319 e. The lowest BCUT2D eigenvalue weighted by Crippen LogP contribution is -2.14. The fourth-order valence-corrected chi connectivity index (χ4v) is 4.10. The summed E-state index contributed by atoms with van der Waals surface area (Å²) in [6.45, 7) is 4.27. The Balaban J connectivity index is 1.49. The van der Waals surface area contributed by atoms with Gasteiger partial charge in [-0.25, -0.2) is 9.37 Å². The molecule has 0 aliphatic carbocycles. The maximum Gasteiger partial charge on any atom is 0.256 e. The van der Waals surface area contributed by atoms with Crippen LogP contribution in [0.25, 0.3) is 22.2 Å². The number of para-hydroxylation sites is 1. The van der Waals surface area contributed by atoms with E-state index in [4.69, 9.17) is 4.98 Å². The number of hydrogen-bond donors (Lipinski definition) is 1. The highest BCUT2D eigenvalue weighted by Crippen LogP contribution is 2.27. The highest BCUT2D eigenvalue weighted by atomic mass is 19.1. The average Bonchev–Trinajstić information content (AvgIpc) is 3.12. The molecule has 0 atom stereocenters. The van der Waals surface area contributed by atoms with E-state index in [9.17, 15) is 9.18 Å². The second kappa shape index (κ2) is 8.90. The quantitative estimate of drug-likeness (QED) is 0.349. The molecule has 34 heavy (non-hydrogen) atoms. The molecule has 0 unspecified atom stereocenters. The van der Waals surface area contributed by atoms with Gasteiger partial charge in [-0.3, -0.25) is 9.48 Å². The number of aromatic nitrogens is 3. The minimum absolute atomic E-state index is 0.219. The van der Waals surface area contributed by atoms with Crippen LogP contribution in [-0.4, -0.2) is 20.7 Å². The first-order valence-electron chi connectivity index (χ1n) is 11.0. The van der Waals surface area contributed by atoms with E-state index in [1.165, 1.54) is 12.1 Å². The summed E-state index contributed by atoms with van der Waals surface area (Å²) >= 11 is 0. The van der Waals surface area contributed by atoms with Crippen LogP contribution in [0.15, 0.2) is 84.9 Å². The van der Waals surface area contributed by atoms with Gasteiger partial charge >= 0.3 is 0 Å². The number of hydrogen-bond acceptors (Lipinski definition) is 3. The van der Waals surface area contributed by atoms with Crippen LogP contribution in [0.3, 0.4) is 0 Å². The summed E-state index contributed by atoms with van der Waals surface area (Å²) < 4.78 is 15.1. The van der Waals surface area contributed by atoms with Crippen LogP contribution in [-0.2, 0) is 6.54 Å². The molecule has 0 aliphatic rings. The summed E-state index contributed by atoms with van der Waals surface area (Å²) in [5.41, 5.74) is 6.15. The second-order valence-corrected chi connectivity index (χ2v) is 8.22. The van der Waals surface area contributed by atoms with Crippen molar-refractivity contribution >= 4 is 22.5 Å². The molecule has 168 valence electrons. The van der Waals surface area contributed by atoms with Crippen molar-refractivity contribution in [3.05, 3.63) is 113 Å². The highest BCUT2D eigenvalue weighted by molar-refractivity contribution is 6.13. The van der Waals surface area contributed by atoms with Crippen molar-refractivity contribution in [2.24, 2.45) is 0 Å². The van der Waals surface area contributed by atoms with E-state index in [1.807, 2.05) is 79.2 Å². The lowest BCUT2D eigenvalue weighted by molar-refractivity contribution is 0.102. The predicted octanol–water partition coefficient (Wildman–Crippen LogP) is 6.15. The van der Waals surface area contributed by atoms with Crippen LogP contribution < -0.4 is 5.32 Å². The number of pyridine rings is 1. The van der Waals surface area contributed by atoms with Gasteiger partial charge in [-0.2, -0.15) is 5.10 Å². The smallest absolute Gasteiger partial charge is 0.256 e. The number of fused-ring (bicyclic) bond motifs is 1. The number of nitrogens with zero attached hydrogens (tertiary/aromatic N) is 3. The summed E-state index contributed by atoms with van der Waals surface area (Å²) in [6.07, 6.45) is 0. The van der Waals surface area contributed by atoms with Gasteiger partial charge in [0.05, 0.1) is 40.4 Å². The molecule has 1 N–H and O–H groups in total. The maximum atomic E-state index is 13.5. The summed E-state index contributed by atoms with van der Waals surface area (Å²) in [4.78, 5) is 18.3. The molecule has 5 nitrogen and oxygen atoms in total. The van der Waals surface area contributed by atoms with Crippen molar-refractivity contribution in [3.8, 4) is 11.3 Å². The number of benzene rings is 3. The average molecular weight is 451 g/mol. The zero-order valence-electron chi connectivity index (χ0n) is 18.9. The fraction of sp³-hybridized carbons (Fsp3) is 0.107. The minimum atomic E-state index is -0.274. The Hall–Kier alpha value is -4.32. The molecule has 5 aromatic rings. The standard InChI is InChI=1S/C28H23FN4O/c1-18-27(19(2)33(32-18)17-20-12-14-22(29)15-13-20)31-28(34)24-16-26(21-8-4-3-5-9-21)30-25-11-7-6-10-23(24)25/h3-16H,17H2,1-2H3,(H,31,34). The molecule has 2 heterocycles. The van der Waals surface area contributed by atoms with Crippen molar-refractivity contribution in [3.63, 3.8) is 0 Å². The van der Waals surface area contributed by atoms with Crippen LogP contribution in [0.5, 0.6) is 0 Å². The molecule has 0 fully saturated rings. The molecular formula is C28H23FN4O. The van der Waals surface area contributed by atoms with Crippen molar-refractivity contribution in [1.29, 1.82) is 0 Å². The summed E-state index contributed by atoms with van der Waals surface area (Å²) in [7, 11) is 0. The van der Waals surface area contributed by atoms with Gasteiger partial charge in [0, 0.05) is 10.9 Å². The highest BCUT2D eigenvalue weighted by Gasteiger charge is 2.18. The van der Waals surface area contributed by atoms with Gasteiger partial charge in [-0.1, -0.05) is 60.7 Å². The Morgan fingerprint density at radius 2 is 1.65 bits per heavy atom. The summed E-state index contributed by atoms with van der Waals surface area (Å²) in [6, 6.07) is 25.6. The van der Waals surface area contributed by atoms with E-state index >= 15 is 0 Å². The van der Waals surface area contributed by atoms with Gasteiger partial charge in [0.1, 0.15) is 5.82 Å². The Bertz CT molecular complexity index is 1490. The molecule has 2 aromatic heterocycles. The van der Waals surface area contributed by atoms with Crippen LogP contribution in [0.4, 0.5) is 10.1 Å². The predicted molar refractivity (Wildman–Crippen MR) is 132 cm³/mol. The van der Waals surface area contributed by atoms with Gasteiger partial charge in [0.25, 0.3) is 5.91 Å². The van der Waals surface area contributed by atoms with Gasteiger partial charge in [-0.05, 0) is 43.7 Å². The Kier molecular flexibility index (Phi) is 5.64. The summed E-state index contributed by atoms with van der Waals surface area (Å²) in [5.74, 6) is -0.493. The third-order valence-corrected chi connectivity index (χ3v) is 5.90. The number of rotatable bonds is 5. The molecule has 0 saturated carbocycles. The SMILES string of the molecule is Cc1nn(Cc2ccc(F)cc2)c(C)c1NC(=O)c1cc(-c2ccccc2)nc2ccccc12. The van der Waals surface area contributed by atoms with Crippen molar-refractivity contribution in [2.45, 2.75) is 20.4 Å². The first kappa shape index (κ1) is 21.5. The van der Waals surface area contributed by atoms with Gasteiger partial charge in [0.2, 0.25) is 0 Å². The second-order valence-electron chi connectivity index (χ2n) is 8.22. The van der Waals surface area contributed by atoms with Gasteiger partial charge in [0.15, 0.2) is 0 Å². The van der Waals surface area contributed by atoms with Crippen LogP contribution in [0.1, 0.15) is 27.3 Å². The van der Waals surface area contributed by atoms with E-state index in [-0.39, 0.29) is 11.7 Å². The third kappa shape index (κ3) is 4.18. The van der Waals surface area contributed by atoms with Crippen molar-refractivity contribution in [2.75, 3.05) is 5.32 Å². The number of anilines is 1. The normalized spacial score (nSPS) is 11.0. The number of amides is 1. The first-order chi connectivity index (χ1) is 16.5.